The van der Waals surface area contributed by atoms with Gasteiger partial charge in [-0.25, -0.2) is 0 Å². The summed E-state index contributed by atoms with van der Waals surface area (Å²) in [4.78, 5) is 20.6. The number of rotatable bonds is 7. The molecule has 0 saturated carbocycles. The average molecular weight is 501 g/mol. The Kier molecular flexibility index (Phi) is 11.4. The van der Waals surface area contributed by atoms with Crippen LogP contribution in [0.15, 0.2) is 29.3 Å². The van der Waals surface area contributed by atoms with Crippen molar-refractivity contribution < 1.29 is 4.79 Å². The number of carbonyl (C=O) groups excluding carboxylic acids is 1. The van der Waals surface area contributed by atoms with Gasteiger partial charge in [0.25, 0.3) is 5.91 Å². The minimum atomic E-state index is 0. The van der Waals surface area contributed by atoms with Crippen molar-refractivity contribution in [2.75, 3.05) is 47.3 Å². The predicted octanol–water partition coefficient (Wildman–Crippen LogP) is 2.59. The van der Waals surface area contributed by atoms with Gasteiger partial charge in [0, 0.05) is 45.8 Å². The zero-order chi connectivity index (χ0) is 19.6. The van der Waals surface area contributed by atoms with Gasteiger partial charge in [-0.15, -0.1) is 24.0 Å². The van der Waals surface area contributed by atoms with Crippen molar-refractivity contribution in [3.05, 3.63) is 35.4 Å². The number of likely N-dealkylation sites (tertiary alicyclic amines) is 1. The first-order valence-corrected chi connectivity index (χ1v) is 10.0. The van der Waals surface area contributed by atoms with E-state index in [1.165, 1.54) is 25.8 Å². The molecule has 0 spiro atoms. The minimum Gasteiger partial charge on any atom is -0.356 e. The summed E-state index contributed by atoms with van der Waals surface area (Å²) in [6.45, 7) is 6.26. The van der Waals surface area contributed by atoms with Crippen molar-refractivity contribution in [3.63, 3.8) is 0 Å². The summed E-state index contributed by atoms with van der Waals surface area (Å²) in [5, 5.41) is 6.86. The van der Waals surface area contributed by atoms with Crippen LogP contribution in [0.1, 0.15) is 42.1 Å². The molecule has 28 heavy (non-hydrogen) atoms. The summed E-state index contributed by atoms with van der Waals surface area (Å²) in [7, 11) is 5.36. The van der Waals surface area contributed by atoms with Crippen LogP contribution in [0.4, 0.5) is 0 Å². The first-order valence-electron chi connectivity index (χ1n) is 10.0. The molecule has 2 N–H and O–H groups in total. The number of nitrogens with zero attached hydrogens (tertiary/aromatic N) is 3. The van der Waals surface area contributed by atoms with Gasteiger partial charge in [0.2, 0.25) is 0 Å². The zero-order valence-electron chi connectivity index (χ0n) is 17.7. The molecule has 1 aromatic carbocycles. The Morgan fingerprint density at radius 2 is 2.07 bits per heavy atom. The molecule has 1 atom stereocenters. The Morgan fingerprint density at radius 1 is 1.29 bits per heavy atom. The van der Waals surface area contributed by atoms with E-state index >= 15 is 0 Å². The normalized spacial score (nSPS) is 17.6. The lowest BCUT2D eigenvalue weighted by atomic mass is 10.0. The Bertz CT molecular complexity index is 635. The molecule has 0 radical (unpaired) electrons. The van der Waals surface area contributed by atoms with Gasteiger partial charge in [-0.05, 0) is 50.0 Å². The number of aliphatic imine (C=N–C) groups is 1. The van der Waals surface area contributed by atoms with E-state index < -0.39 is 0 Å². The third-order valence-corrected chi connectivity index (χ3v) is 5.17. The summed E-state index contributed by atoms with van der Waals surface area (Å²) in [5.41, 5.74) is 1.88. The van der Waals surface area contributed by atoms with Crippen LogP contribution in [-0.2, 0) is 6.42 Å². The molecular weight excluding hydrogens is 465 g/mol. The van der Waals surface area contributed by atoms with Crippen molar-refractivity contribution in [2.24, 2.45) is 4.99 Å². The van der Waals surface area contributed by atoms with Gasteiger partial charge in [0.05, 0.1) is 0 Å². The third-order valence-electron chi connectivity index (χ3n) is 5.17. The van der Waals surface area contributed by atoms with Crippen molar-refractivity contribution in [2.45, 2.75) is 38.6 Å². The summed E-state index contributed by atoms with van der Waals surface area (Å²) in [6, 6.07) is 8.44. The number of hydrogen-bond donors (Lipinski definition) is 2. The lowest BCUT2D eigenvalue weighted by Crippen LogP contribution is -2.49. The second-order valence-electron chi connectivity index (χ2n) is 7.31. The molecule has 0 aromatic heterocycles. The van der Waals surface area contributed by atoms with E-state index in [-0.39, 0.29) is 29.9 Å². The number of piperidine rings is 1. The topological polar surface area (TPSA) is 60.0 Å². The molecule has 1 fully saturated rings. The van der Waals surface area contributed by atoms with E-state index in [1.807, 2.05) is 25.2 Å². The van der Waals surface area contributed by atoms with Crippen molar-refractivity contribution in [3.8, 4) is 0 Å². The maximum Gasteiger partial charge on any atom is 0.253 e. The van der Waals surface area contributed by atoms with Crippen LogP contribution in [0.3, 0.4) is 0 Å². The highest BCUT2D eigenvalue weighted by Crippen LogP contribution is 2.15. The van der Waals surface area contributed by atoms with Gasteiger partial charge >= 0.3 is 0 Å². The zero-order valence-corrected chi connectivity index (χ0v) is 20.0. The highest BCUT2D eigenvalue weighted by molar-refractivity contribution is 14.0. The minimum absolute atomic E-state index is 0. The lowest BCUT2D eigenvalue weighted by molar-refractivity contribution is 0.0827. The molecule has 1 saturated heterocycles. The van der Waals surface area contributed by atoms with Gasteiger partial charge in [0.1, 0.15) is 0 Å². The van der Waals surface area contributed by atoms with Crippen LogP contribution in [0, 0.1) is 0 Å². The number of guanidine groups is 1. The summed E-state index contributed by atoms with van der Waals surface area (Å²) >= 11 is 0. The van der Waals surface area contributed by atoms with E-state index in [9.17, 15) is 4.79 Å². The molecule has 2 rings (SSSR count). The number of likely N-dealkylation sites (N-methyl/N-ethyl adjacent to an activating group) is 1. The standard InChI is InChI=1S/C21H35N5O.HI/c1-5-26-14-7-6-11-19(26)16-24-21(22-2)23-13-12-17-9-8-10-18(15-17)20(27)25(3)4;/h8-10,15,19H,5-7,11-14,16H2,1-4H3,(H2,22,23,24);1H. The number of benzene rings is 1. The first-order chi connectivity index (χ1) is 13.0. The number of nitrogens with one attached hydrogen (secondary N) is 2. The van der Waals surface area contributed by atoms with Gasteiger partial charge in [-0.2, -0.15) is 0 Å². The van der Waals surface area contributed by atoms with Crippen molar-refractivity contribution in [1.29, 1.82) is 0 Å². The average Bonchev–Trinajstić information content (AvgIpc) is 2.70. The monoisotopic (exact) mass is 501 g/mol. The molecule has 0 bridgehead atoms. The van der Waals surface area contributed by atoms with E-state index in [1.54, 1.807) is 19.0 Å². The Hall–Kier alpha value is -1.35. The SMILES string of the molecule is CCN1CCCCC1CNC(=NC)NCCc1cccc(C(=O)N(C)C)c1.I. The smallest absolute Gasteiger partial charge is 0.253 e. The number of amides is 1. The number of carbonyl (C=O) groups is 1. The number of hydrogen-bond acceptors (Lipinski definition) is 3. The lowest BCUT2D eigenvalue weighted by Gasteiger charge is -2.35. The Morgan fingerprint density at radius 3 is 2.75 bits per heavy atom. The Labute approximate surface area is 187 Å². The second kappa shape index (κ2) is 13.0. The molecular formula is C21H36IN5O. The van der Waals surface area contributed by atoms with Crippen LogP contribution in [0.5, 0.6) is 0 Å². The number of halogens is 1. The van der Waals surface area contributed by atoms with Crippen LogP contribution in [-0.4, -0.2) is 75.0 Å². The first kappa shape index (κ1) is 24.7. The van der Waals surface area contributed by atoms with Crippen molar-refractivity contribution in [1.82, 2.24) is 20.4 Å². The van der Waals surface area contributed by atoms with E-state index in [4.69, 9.17) is 0 Å². The molecule has 0 aliphatic carbocycles. The largest absolute Gasteiger partial charge is 0.356 e. The molecule has 7 heteroatoms. The Balaban J connectivity index is 0.00000392. The molecule has 1 aliphatic heterocycles. The third kappa shape index (κ3) is 7.58. The predicted molar refractivity (Wildman–Crippen MR) is 128 cm³/mol. The van der Waals surface area contributed by atoms with Crippen LogP contribution < -0.4 is 10.6 Å². The van der Waals surface area contributed by atoms with E-state index in [0.29, 0.717) is 6.04 Å². The molecule has 6 nitrogen and oxygen atoms in total. The van der Waals surface area contributed by atoms with Gasteiger partial charge in [-0.1, -0.05) is 25.5 Å². The van der Waals surface area contributed by atoms with Crippen molar-refractivity contribution >= 4 is 35.8 Å². The molecule has 158 valence electrons. The summed E-state index contributed by atoms with van der Waals surface area (Å²) < 4.78 is 0. The highest BCUT2D eigenvalue weighted by atomic mass is 127. The van der Waals surface area contributed by atoms with Crippen LogP contribution in [0.2, 0.25) is 0 Å². The molecule has 1 heterocycles. The molecule has 1 unspecified atom stereocenters. The van der Waals surface area contributed by atoms with Crippen LogP contribution in [0.25, 0.3) is 0 Å². The quantitative estimate of drug-likeness (QED) is 0.343. The van der Waals surface area contributed by atoms with E-state index in [2.05, 4.69) is 33.5 Å². The fourth-order valence-electron chi connectivity index (χ4n) is 3.59. The molecule has 1 aromatic rings. The van der Waals surface area contributed by atoms with Crippen LogP contribution >= 0.6 is 24.0 Å². The highest BCUT2D eigenvalue weighted by Gasteiger charge is 2.20. The summed E-state index contributed by atoms with van der Waals surface area (Å²) in [6.07, 6.45) is 4.73. The fraction of sp³-hybridized carbons (Fsp3) is 0.619. The molecule has 1 amide bonds. The fourth-order valence-corrected chi connectivity index (χ4v) is 3.59. The maximum atomic E-state index is 12.1. The van der Waals surface area contributed by atoms with Gasteiger partial charge in [0.15, 0.2) is 5.96 Å². The van der Waals surface area contributed by atoms with Gasteiger partial charge in [-0.3, -0.25) is 14.7 Å². The van der Waals surface area contributed by atoms with E-state index in [0.717, 1.165) is 43.1 Å². The second-order valence-corrected chi connectivity index (χ2v) is 7.31. The summed E-state index contributed by atoms with van der Waals surface area (Å²) in [5.74, 6) is 0.882. The maximum absolute atomic E-state index is 12.1. The molecule has 1 aliphatic rings. The van der Waals surface area contributed by atoms with Gasteiger partial charge < -0.3 is 15.5 Å².